The molecule has 0 saturated carbocycles. The average molecular weight is 298 g/mol. The van der Waals surface area contributed by atoms with Crippen molar-refractivity contribution in [2.24, 2.45) is 0 Å². The quantitative estimate of drug-likeness (QED) is 0.861. The van der Waals surface area contributed by atoms with Gasteiger partial charge in [0.25, 0.3) is 0 Å². The van der Waals surface area contributed by atoms with E-state index in [0.29, 0.717) is 5.92 Å². The first-order valence-corrected chi connectivity index (χ1v) is 7.83. The van der Waals surface area contributed by atoms with Crippen LogP contribution in [0, 0.1) is 0 Å². The minimum atomic E-state index is -0.286. The largest absolute Gasteiger partial charge is 0.497 e. The molecular weight excluding hydrogens is 272 g/mol. The zero-order valence-corrected chi connectivity index (χ0v) is 14.0. The van der Waals surface area contributed by atoms with Gasteiger partial charge >= 0.3 is 0 Å². The molecule has 1 unspecified atom stereocenters. The molecule has 0 aromatic heterocycles. The number of hydrogen-bond acceptors (Lipinski definition) is 2. The summed E-state index contributed by atoms with van der Waals surface area (Å²) < 4.78 is 5.21. The highest BCUT2D eigenvalue weighted by atomic mass is 16.5. The van der Waals surface area contributed by atoms with Gasteiger partial charge in [-0.05, 0) is 41.2 Å². The van der Waals surface area contributed by atoms with Gasteiger partial charge in [0.1, 0.15) is 5.75 Å². The summed E-state index contributed by atoms with van der Waals surface area (Å²) in [6.45, 7) is 6.62. The van der Waals surface area contributed by atoms with E-state index in [0.717, 1.165) is 17.7 Å². The highest BCUT2D eigenvalue weighted by molar-refractivity contribution is 5.35. The number of aliphatic hydroxyl groups excluding tert-OH is 1. The molecule has 0 spiro atoms. The third-order valence-corrected chi connectivity index (χ3v) is 4.38. The lowest BCUT2D eigenvalue weighted by Crippen LogP contribution is -2.29. The Kier molecular flexibility index (Phi) is 5.25. The lowest BCUT2D eigenvalue weighted by Gasteiger charge is -2.28. The molecular formula is C20H26O2. The molecule has 0 aliphatic rings. The SMILES string of the molecule is COc1ccc(C(C)(CO)Cc2ccc(C(C)C)cc2)cc1. The van der Waals surface area contributed by atoms with Crippen LogP contribution in [-0.2, 0) is 11.8 Å². The van der Waals surface area contributed by atoms with Crippen LogP contribution in [0.2, 0.25) is 0 Å². The van der Waals surface area contributed by atoms with Crippen molar-refractivity contribution in [2.45, 2.75) is 38.5 Å². The molecule has 22 heavy (non-hydrogen) atoms. The number of aliphatic hydroxyl groups is 1. The van der Waals surface area contributed by atoms with E-state index in [9.17, 15) is 5.11 Å². The van der Waals surface area contributed by atoms with E-state index < -0.39 is 0 Å². The van der Waals surface area contributed by atoms with Crippen LogP contribution in [0.25, 0.3) is 0 Å². The van der Waals surface area contributed by atoms with Gasteiger partial charge < -0.3 is 9.84 Å². The van der Waals surface area contributed by atoms with Gasteiger partial charge in [0, 0.05) is 5.41 Å². The smallest absolute Gasteiger partial charge is 0.118 e. The van der Waals surface area contributed by atoms with Crippen LogP contribution < -0.4 is 4.74 Å². The first-order chi connectivity index (χ1) is 10.5. The summed E-state index contributed by atoms with van der Waals surface area (Å²) in [7, 11) is 1.66. The Bertz CT molecular complexity index is 584. The molecule has 1 atom stereocenters. The fraction of sp³-hybridized carbons (Fsp3) is 0.400. The first kappa shape index (κ1) is 16.6. The highest BCUT2D eigenvalue weighted by Gasteiger charge is 2.26. The molecule has 2 aromatic rings. The molecule has 118 valence electrons. The maximum atomic E-state index is 9.94. The van der Waals surface area contributed by atoms with Crippen molar-refractivity contribution in [2.75, 3.05) is 13.7 Å². The van der Waals surface area contributed by atoms with E-state index in [1.165, 1.54) is 11.1 Å². The molecule has 0 fully saturated rings. The molecule has 0 saturated heterocycles. The lowest BCUT2D eigenvalue weighted by molar-refractivity contribution is 0.204. The minimum Gasteiger partial charge on any atom is -0.497 e. The molecule has 0 amide bonds. The van der Waals surface area contributed by atoms with Crippen molar-refractivity contribution in [3.63, 3.8) is 0 Å². The Balaban J connectivity index is 2.21. The molecule has 2 rings (SSSR count). The zero-order chi connectivity index (χ0) is 16.2. The van der Waals surface area contributed by atoms with Crippen molar-refractivity contribution < 1.29 is 9.84 Å². The predicted octanol–water partition coefficient (Wildman–Crippen LogP) is 4.31. The van der Waals surface area contributed by atoms with Crippen LogP contribution in [-0.4, -0.2) is 18.8 Å². The lowest BCUT2D eigenvalue weighted by atomic mass is 9.78. The van der Waals surface area contributed by atoms with Crippen LogP contribution >= 0.6 is 0 Å². The van der Waals surface area contributed by atoms with Gasteiger partial charge in [0.15, 0.2) is 0 Å². The highest BCUT2D eigenvalue weighted by Crippen LogP contribution is 2.29. The molecule has 2 heteroatoms. The Morgan fingerprint density at radius 1 is 1.00 bits per heavy atom. The number of hydrogen-bond donors (Lipinski definition) is 1. The van der Waals surface area contributed by atoms with E-state index in [2.05, 4.69) is 45.0 Å². The van der Waals surface area contributed by atoms with Crippen molar-refractivity contribution in [1.29, 1.82) is 0 Å². The summed E-state index contributed by atoms with van der Waals surface area (Å²) >= 11 is 0. The monoisotopic (exact) mass is 298 g/mol. The maximum absolute atomic E-state index is 9.94. The zero-order valence-electron chi connectivity index (χ0n) is 14.0. The van der Waals surface area contributed by atoms with Crippen molar-refractivity contribution in [3.8, 4) is 5.75 Å². The van der Waals surface area contributed by atoms with E-state index in [1.807, 2.05) is 24.3 Å². The van der Waals surface area contributed by atoms with Crippen LogP contribution in [0.5, 0.6) is 5.75 Å². The van der Waals surface area contributed by atoms with Gasteiger partial charge in [-0.25, -0.2) is 0 Å². The normalized spacial score (nSPS) is 13.9. The predicted molar refractivity (Wildman–Crippen MR) is 91.7 cm³/mol. The van der Waals surface area contributed by atoms with Crippen molar-refractivity contribution in [1.82, 2.24) is 0 Å². The first-order valence-electron chi connectivity index (χ1n) is 7.83. The van der Waals surface area contributed by atoms with Crippen LogP contribution in [0.1, 0.15) is 43.4 Å². The van der Waals surface area contributed by atoms with Gasteiger partial charge in [0.2, 0.25) is 0 Å². The third kappa shape index (κ3) is 3.69. The molecule has 0 aliphatic heterocycles. The van der Waals surface area contributed by atoms with E-state index in [-0.39, 0.29) is 12.0 Å². The number of benzene rings is 2. The van der Waals surface area contributed by atoms with E-state index in [4.69, 9.17) is 4.74 Å². The second-order valence-corrected chi connectivity index (χ2v) is 6.52. The van der Waals surface area contributed by atoms with Gasteiger partial charge in [-0.15, -0.1) is 0 Å². The minimum absolute atomic E-state index is 0.116. The number of methoxy groups -OCH3 is 1. The summed E-state index contributed by atoms with van der Waals surface area (Å²) in [6.07, 6.45) is 0.814. The topological polar surface area (TPSA) is 29.5 Å². The summed E-state index contributed by atoms with van der Waals surface area (Å²) in [6, 6.07) is 16.7. The number of ether oxygens (including phenoxy) is 1. The second kappa shape index (κ2) is 6.97. The average Bonchev–Trinajstić information content (AvgIpc) is 2.55. The van der Waals surface area contributed by atoms with Crippen LogP contribution in [0.3, 0.4) is 0 Å². The summed E-state index contributed by atoms with van der Waals surface area (Å²) in [5.41, 5.74) is 3.44. The molecule has 2 aromatic carbocycles. The van der Waals surface area contributed by atoms with E-state index in [1.54, 1.807) is 7.11 Å². The standard InChI is InChI=1S/C20H26O2/c1-15(2)17-7-5-16(6-8-17)13-20(3,14-21)18-9-11-19(22-4)12-10-18/h5-12,15,21H,13-14H2,1-4H3. The van der Waals surface area contributed by atoms with Gasteiger partial charge in [0.05, 0.1) is 13.7 Å². The Labute approximate surface area is 133 Å². The summed E-state index contributed by atoms with van der Waals surface area (Å²) in [4.78, 5) is 0. The van der Waals surface area contributed by atoms with Gasteiger partial charge in [-0.3, -0.25) is 0 Å². The van der Waals surface area contributed by atoms with Crippen LogP contribution in [0.4, 0.5) is 0 Å². The van der Waals surface area contributed by atoms with E-state index >= 15 is 0 Å². The van der Waals surface area contributed by atoms with Crippen molar-refractivity contribution in [3.05, 3.63) is 65.2 Å². The molecule has 0 radical (unpaired) electrons. The summed E-state index contributed by atoms with van der Waals surface area (Å²) in [5, 5.41) is 9.94. The summed E-state index contributed by atoms with van der Waals surface area (Å²) in [5.74, 6) is 1.38. The van der Waals surface area contributed by atoms with Gasteiger partial charge in [-0.1, -0.05) is 57.2 Å². The fourth-order valence-electron chi connectivity index (χ4n) is 2.71. The Morgan fingerprint density at radius 3 is 2.05 bits per heavy atom. The van der Waals surface area contributed by atoms with Gasteiger partial charge in [-0.2, -0.15) is 0 Å². The molecule has 0 aliphatic carbocycles. The second-order valence-electron chi connectivity index (χ2n) is 6.52. The molecule has 0 heterocycles. The number of rotatable bonds is 6. The Hall–Kier alpha value is -1.80. The maximum Gasteiger partial charge on any atom is 0.118 e. The third-order valence-electron chi connectivity index (χ3n) is 4.38. The van der Waals surface area contributed by atoms with Crippen LogP contribution in [0.15, 0.2) is 48.5 Å². The molecule has 1 N–H and O–H groups in total. The van der Waals surface area contributed by atoms with Crippen molar-refractivity contribution >= 4 is 0 Å². The fourth-order valence-corrected chi connectivity index (χ4v) is 2.71. The molecule has 2 nitrogen and oxygen atoms in total. The Morgan fingerprint density at radius 2 is 1.59 bits per heavy atom. The molecule has 0 bridgehead atoms.